The molecule has 0 bridgehead atoms. The summed E-state index contributed by atoms with van der Waals surface area (Å²) in [5, 5.41) is -0.849. The topological polar surface area (TPSA) is 90.7 Å². The molecule has 0 amide bonds. The first-order valence-corrected chi connectivity index (χ1v) is 7.14. The lowest BCUT2D eigenvalue weighted by atomic mass is 10.3. The Kier molecular flexibility index (Phi) is 7.80. The first-order chi connectivity index (χ1) is 7.88. The zero-order chi connectivity index (χ0) is 13.5. The van der Waals surface area contributed by atoms with E-state index >= 15 is 0 Å². The maximum atomic E-state index is 11.9. The molecule has 0 aromatic carbocycles. The van der Waals surface area contributed by atoms with Gasteiger partial charge in [-0.05, 0) is 6.42 Å². The average Bonchev–Trinajstić information content (AvgIpc) is 2.24. The monoisotopic (exact) mass is 284 g/mol. The van der Waals surface area contributed by atoms with Crippen LogP contribution in [0.5, 0.6) is 0 Å². The van der Waals surface area contributed by atoms with Gasteiger partial charge in [0.05, 0.1) is 17.7 Å². The van der Waals surface area contributed by atoms with Crippen LogP contribution in [-0.4, -0.2) is 52.1 Å². The van der Waals surface area contributed by atoms with Gasteiger partial charge in [0.2, 0.25) is 10.0 Å². The minimum Gasteiger partial charge on any atom is -0.392 e. The fourth-order valence-corrected chi connectivity index (χ4v) is 3.19. The molecule has 102 valence electrons. The van der Waals surface area contributed by atoms with Gasteiger partial charge in [-0.15, -0.1) is 0 Å². The van der Waals surface area contributed by atoms with Crippen LogP contribution in [0.15, 0.2) is 0 Å². The highest BCUT2D eigenvalue weighted by atomic mass is 32.2. The van der Waals surface area contributed by atoms with Crippen molar-refractivity contribution in [1.29, 1.82) is 0 Å². The Balaban J connectivity index is 4.49. The summed E-state index contributed by atoms with van der Waals surface area (Å²) in [4.78, 5) is -0.0271. The first-order valence-electron chi connectivity index (χ1n) is 5.18. The molecule has 0 aromatic heterocycles. The van der Waals surface area contributed by atoms with Gasteiger partial charge in [0.15, 0.2) is 0 Å². The summed E-state index contributed by atoms with van der Waals surface area (Å²) in [5.74, 6) is 0. The van der Waals surface area contributed by atoms with Crippen LogP contribution in [0.25, 0.3) is 0 Å². The Morgan fingerprint density at radius 2 is 2.06 bits per heavy atom. The molecule has 3 N–H and O–H groups in total. The Morgan fingerprint density at radius 3 is 2.41 bits per heavy atom. The number of ether oxygens (including phenoxy) is 2. The molecule has 17 heavy (non-hydrogen) atoms. The Labute approximate surface area is 108 Å². The third-order valence-electron chi connectivity index (χ3n) is 2.26. The van der Waals surface area contributed by atoms with Crippen LogP contribution in [0.1, 0.15) is 13.3 Å². The summed E-state index contributed by atoms with van der Waals surface area (Å²) in [6.07, 6.45) is 0.00527. The van der Waals surface area contributed by atoms with Crippen molar-refractivity contribution in [3.63, 3.8) is 0 Å². The largest absolute Gasteiger partial charge is 0.392 e. The molecule has 0 saturated heterocycles. The van der Waals surface area contributed by atoms with Crippen molar-refractivity contribution in [2.75, 3.05) is 27.4 Å². The maximum absolute atomic E-state index is 11.9. The van der Waals surface area contributed by atoms with E-state index in [0.717, 1.165) is 0 Å². The van der Waals surface area contributed by atoms with Crippen LogP contribution in [-0.2, 0) is 19.5 Å². The van der Waals surface area contributed by atoms with Gasteiger partial charge in [0.1, 0.15) is 5.25 Å². The van der Waals surface area contributed by atoms with E-state index in [4.69, 9.17) is 27.4 Å². The number of methoxy groups -OCH3 is 2. The van der Waals surface area contributed by atoms with Crippen LogP contribution in [0.4, 0.5) is 0 Å². The van der Waals surface area contributed by atoms with Crippen molar-refractivity contribution in [2.24, 2.45) is 5.73 Å². The fraction of sp³-hybridized carbons (Fsp3) is 0.889. The standard InChI is InChI=1S/C9H20N2O4S2/c1-4-8(9(10)16)17(12,13)11-5-7(15-3)6-14-2/h7-8,11H,4-6H2,1-3H3,(H2,10,16). The minimum absolute atomic E-state index is 0.0271. The Hall–Kier alpha value is -0.280. The molecule has 0 aliphatic heterocycles. The summed E-state index contributed by atoms with van der Waals surface area (Å²) < 4.78 is 36.1. The molecule has 0 aliphatic rings. The SMILES string of the molecule is CCC(C(N)=S)S(=O)(=O)NCC(COC)OC. The molecule has 2 unspecified atom stereocenters. The van der Waals surface area contributed by atoms with Gasteiger partial charge in [-0.25, -0.2) is 13.1 Å². The van der Waals surface area contributed by atoms with Gasteiger partial charge < -0.3 is 15.2 Å². The molecular weight excluding hydrogens is 264 g/mol. The smallest absolute Gasteiger partial charge is 0.221 e. The van der Waals surface area contributed by atoms with E-state index in [9.17, 15) is 8.42 Å². The van der Waals surface area contributed by atoms with E-state index in [-0.39, 0.29) is 17.6 Å². The molecule has 0 aliphatic carbocycles. The van der Waals surface area contributed by atoms with Crippen molar-refractivity contribution in [3.8, 4) is 0 Å². The zero-order valence-electron chi connectivity index (χ0n) is 10.3. The minimum atomic E-state index is -3.55. The Morgan fingerprint density at radius 1 is 1.47 bits per heavy atom. The number of rotatable bonds is 9. The van der Waals surface area contributed by atoms with Crippen LogP contribution in [0.3, 0.4) is 0 Å². The quantitative estimate of drug-likeness (QED) is 0.562. The normalized spacial score (nSPS) is 15.5. The number of nitrogens with two attached hydrogens (primary N) is 1. The van der Waals surface area contributed by atoms with Gasteiger partial charge >= 0.3 is 0 Å². The zero-order valence-corrected chi connectivity index (χ0v) is 11.9. The molecule has 6 nitrogen and oxygen atoms in total. The number of nitrogens with one attached hydrogen (secondary N) is 1. The predicted molar refractivity (Wildman–Crippen MR) is 70.5 cm³/mol. The molecule has 0 fully saturated rings. The van der Waals surface area contributed by atoms with E-state index in [2.05, 4.69) is 4.72 Å². The Bertz CT molecular complexity index is 332. The van der Waals surface area contributed by atoms with Gasteiger partial charge in [-0.2, -0.15) is 0 Å². The third kappa shape index (κ3) is 5.73. The summed E-state index contributed by atoms with van der Waals surface area (Å²) >= 11 is 4.73. The molecule has 2 atom stereocenters. The fourth-order valence-electron chi connectivity index (χ4n) is 1.28. The van der Waals surface area contributed by atoms with Crippen LogP contribution < -0.4 is 10.5 Å². The van der Waals surface area contributed by atoms with Crippen molar-refractivity contribution in [2.45, 2.75) is 24.7 Å². The first kappa shape index (κ1) is 16.7. The second kappa shape index (κ2) is 7.93. The summed E-state index contributed by atoms with van der Waals surface area (Å²) in [7, 11) is -0.540. The van der Waals surface area contributed by atoms with E-state index in [1.807, 2.05) is 0 Å². The van der Waals surface area contributed by atoms with Crippen molar-refractivity contribution in [1.82, 2.24) is 4.72 Å². The van der Waals surface area contributed by atoms with Gasteiger partial charge in [-0.1, -0.05) is 19.1 Å². The molecular formula is C9H20N2O4S2. The molecule has 0 rings (SSSR count). The number of hydrogen-bond donors (Lipinski definition) is 2. The molecule has 0 saturated carbocycles. The highest BCUT2D eigenvalue weighted by Crippen LogP contribution is 2.05. The highest BCUT2D eigenvalue weighted by Gasteiger charge is 2.26. The number of thiocarbonyl (C=S) groups is 1. The lowest BCUT2D eigenvalue weighted by molar-refractivity contribution is 0.0320. The van der Waals surface area contributed by atoms with Crippen LogP contribution in [0, 0.1) is 0 Å². The van der Waals surface area contributed by atoms with E-state index in [1.54, 1.807) is 6.92 Å². The summed E-state index contributed by atoms with van der Waals surface area (Å²) in [6.45, 7) is 2.15. The van der Waals surface area contributed by atoms with E-state index in [0.29, 0.717) is 13.0 Å². The predicted octanol–water partition coefficient (Wildman–Crippen LogP) is -0.368. The summed E-state index contributed by atoms with van der Waals surface area (Å²) in [6, 6.07) is 0. The van der Waals surface area contributed by atoms with Crippen molar-refractivity contribution in [3.05, 3.63) is 0 Å². The second-order valence-electron chi connectivity index (χ2n) is 3.51. The molecule has 0 radical (unpaired) electrons. The average molecular weight is 284 g/mol. The van der Waals surface area contributed by atoms with Crippen molar-refractivity contribution >= 4 is 27.2 Å². The van der Waals surface area contributed by atoms with Gasteiger partial charge in [0.25, 0.3) is 0 Å². The lowest BCUT2D eigenvalue weighted by Gasteiger charge is -2.18. The van der Waals surface area contributed by atoms with Crippen molar-refractivity contribution < 1.29 is 17.9 Å². The highest BCUT2D eigenvalue weighted by molar-refractivity contribution is 7.93. The van der Waals surface area contributed by atoms with Gasteiger partial charge in [0, 0.05) is 20.8 Å². The third-order valence-corrected chi connectivity index (χ3v) is 4.60. The number of sulfonamides is 1. The lowest BCUT2D eigenvalue weighted by Crippen LogP contribution is -2.45. The number of hydrogen-bond acceptors (Lipinski definition) is 5. The molecule has 0 heterocycles. The second-order valence-corrected chi connectivity index (χ2v) is 5.92. The van der Waals surface area contributed by atoms with Crippen LogP contribution in [0.2, 0.25) is 0 Å². The van der Waals surface area contributed by atoms with E-state index < -0.39 is 15.3 Å². The van der Waals surface area contributed by atoms with Crippen LogP contribution >= 0.6 is 12.2 Å². The summed E-state index contributed by atoms with van der Waals surface area (Å²) in [5.41, 5.74) is 5.39. The molecule has 0 aromatic rings. The maximum Gasteiger partial charge on any atom is 0.221 e. The molecule has 8 heteroatoms. The van der Waals surface area contributed by atoms with E-state index in [1.165, 1.54) is 14.2 Å². The van der Waals surface area contributed by atoms with Gasteiger partial charge in [-0.3, -0.25) is 0 Å². The molecule has 0 spiro atoms.